The number of rotatable bonds is 6. The van der Waals surface area contributed by atoms with Gasteiger partial charge >= 0.3 is 0 Å². The summed E-state index contributed by atoms with van der Waals surface area (Å²) in [6.45, 7) is 0.998. The Hall–Kier alpha value is -1.63. The third-order valence-corrected chi connectivity index (χ3v) is 4.05. The molecule has 0 atom stereocenters. The van der Waals surface area contributed by atoms with Gasteiger partial charge in [-0.25, -0.2) is 4.98 Å². The summed E-state index contributed by atoms with van der Waals surface area (Å²) in [7, 11) is 1.59. The van der Waals surface area contributed by atoms with Gasteiger partial charge in [0.1, 0.15) is 5.01 Å². The Balaban J connectivity index is 2.00. The number of amides is 1. The largest absolute Gasteiger partial charge is 0.398 e. The molecule has 1 aromatic heterocycles. The van der Waals surface area contributed by atoms with Gasteiger partial charge in [0.05, 0.1) is 29.4 Å². The monoisotopic (exact) mass is 325 g/mol. The van der Waals surface area contributed by atoms with Crippen LogP contribution in [0.25, 0.3) is 10.6 Å². The normalized spacial score (nSPS) is 10.6. The molecule has 5 nitrogen and oxygen atoms in total. The molecule has 0 fully saturated rings. The highest BCUT2D eigenvalue weighted by Crippen LogP contribution is 2.29. The second-order valence-electron chi connectivity index (χ2n) is 4.40. The van der Waals surface area contributed by atoms with E-state index in [9.17, 15) is 4.79 Å². The molecule has 21 heavy (non-hydrogen) atoms. The first-order chi connectivity index (χ1) is 10.1. The van der Waals surface area contributed by atoms with E-state index in [4.69, 9.17) is 22.1 Å². The molecule has 0 bridgehead atoms. The molecule has 0 aliphatic heterocycles. The molecular formula is C14H16ClN3O2S. The lowest BCUT2D eigenvalue weighted by molar-refractivity contribution is -0.120. The quantitative estimate of drug-likeness (QED) is 0.631. The number of benzene rings is 1. The van der Waals surface area contributed by atoms with Crippen LogP contribution in [0.5, 0.6) is 0 Å². The fraction of sp³-hybridized carbons (Fsp3) is 0.286. The Labute approximate surface area is 132 Å². The third kappa shape index (κ3) is 4.42. The molecule has 0 radical (unpaired) electrons. The van der Waals surface area contributed by atoms with Gasteiger partial charge in [0, 0.05) is 24.6 Å². The number of methoxy groups -OCH3 is 1. The summed E-state index contributed by atoms with van der Waals surface area (Å²) >= 11 is 7.37. The van der Waals surface area contributed by atoms with E-state index >= 15 is 0 Å². The van der Waals surface area contributed by atoms with Gasteiger partial charge < -0.3 is 15.8 Å². The Bertz CT molecular complexity index is 630. The maximum atomic E-state index is 11.7. The van der Waals surface area contributed by atoms with Crippen LogP contribution in [-0.2, 0) is 16.0 Å². The predicted molar refractivity (Wildman–Crippen MR) is 85.6 cm³/mol. The van der Waals surface area contributed by atoms with Crippen molar-refractivity contribution in [3.05, 3.63) is 34.3 Å². The number of nitrogens with one attached hydrogen (secondary N) is 1. The van der Waals surface area contributed by atoms with Crippen molar-refractivity contribution in [1.82, 2.24) is 10.3 Å². The molecule has 1 aromatic carbocycles. The second kappa shape index (κ2) is 7.40. The van der Waals surface area contributed by atoms with Crippen LogP contribution in [0, 0.1) is 0 Å². The number of thiazole rings is 1. The van der Waals surface area contributed by atoms with Crippen molar-refractivity contribution in [2.45, 2.75) is 6.42 Å². The summed E-state index contributed by atoms with van der Waals surface area (Å²) in [5, 5.41) is 5.97. The Morgan fingerprint density at radius 3 is 3.05 bits per heavy atom. The summed E-state index contributed by atoms with van der Waals surface area (Å²) in [6.07, 6.45) is 0.253. The molecule has 0 saturated heterocycles. The molecule has 0 aliphatic rings. The average molecular weight is 326 g/mol. The second-order valence-corrected chi connectivity index (χ2v) is 5.67. The van der Waals surface area contributed by atoms with E-state index in [2.05, 4.69) is 10.3 Å². The van der Waals surface area contributed by atoms with Crippen LogP contribution in [0.3, 0.4) is 0 Å². The highest BCUT2D eigenvalue weighted by Gasteiger charge is 2.09. The first kappa shape index (κ1) is 15.8. The smallest absolute Gasteiger partial charge is 0.226 e. The molecule has 0 unspecified atom stereocenters. The highest BCUT2D eigenvalue weighted by atomic mass is 35.5. The van der Waals surface area contributed by atoms with Crippen molar-refractivity contribution in [1.29, 1.82) is 0 Å². The molecule has 1 amide bonds. The van der Waals surface area contributed by atoms with Gasteiger partial charge in [0.2, 0.25) is 5.91 Å². The number of carbonyl (C=O) groups is 1. The number of anilines is 1. The van der Waals surface area contributed by atoms with Crippen molar-refractivity contribution in [2.24, 2.45) is 0 Å². The lowest BCUT2D eigenvalue weighted by Gasteiger charge is -2.02. The molecule has 2 aromatic rings. The third-order valence-electron chi connectivity index (χ3n) is 2.76. The molecule has 112 valence electrons. The van der Waals surface area contributed by atoms with Gasteiger partial charge in [0.25, 0.3) is 0 Å². The minimum absolute atomic E-state index is 0.0699. The zero-order valence-electron chi connectivity index (χ0n) is 11.6. The SMILES string of the molecule is COCCNC(=O)Cc1csc(-c2ccc(Cl)c(N)c2)n1. The van der Waals surface area contributed by atoms with Crippen molar-refractivity contribution in [3.8, 4) is 10.6 Å². The van der Waals surface area contributed by atoms with E-state index < -0.39 is 0 Å². The van der Waals surface area contributed by atoms with E-state index in [0.29, 0.717) is 23.9 Å². The van der Waals surface area contributed by atoms with E-state index in [1.54, 1.807) is 19.2 Å². The molecule has 2 rings (SSSR count). The predicted octanol–water partition coefficient (Wildman–Crippen LogP) is 2.35. The number of hydrogen-bond donors (Lipinski definition) is 2. The van der Waals surface area contributed by atoms with E-state index in [1.165, 1.54) is 11.3 Å². The number of aromatic nitrogens is 1. The number of halogens is 1. The minimum atomic E-state index is -0.0699. The van der Waals surface area contributed by atoms with Crippen molar-refractivity contribution in [2.75, 3.05) is 26.0 Å². The Morgan fingerprint density at radius 1 is 1.52 bits per heavy atom. The molecule has 7 heteroatoms. The maximum absolute atomic E-state index is 11.7. The number of nitrogen functional groups attached to an aromatic ring is 1. The fourth-order valence-corrected chi connectivity index (χ4v) is 2.65. The summed E-state index contributed by atoms with van der Waals surface area (Å²) in [6, 6.07) is 5.38. The van der Waals surface area contributed by atoms with Crippen molar-refractivity contribution < 1.29 is 9.53 Å². The molecule has 0 aliphatic carbocycles. The van der Waals surface area contributed by atoms with Crippen LogP contribution in [0.4, 0.5) is 5.69 Å². The van der Waals surface area contributed by atoms with Gasteiger partial charge in [-0.15, -0.1) is 11.3 Å². The number of carbonyl (C=O) groups excluding carboxylic acids is 1. The van der Waals surface area contributed by atoms with E-state index in [1.807, 2.05) is 11.4 Å². The molecule has 0 spiro atoms. The molecule has 0 saturated carbocycles. The number of nitrogens with two attached hydrogens (primary N) is 1. The van der Waals surface area contributed by atoms with Crippen LogP contribution >= 0.6 is 22.9 Å². The molecule has 1 heterocycles. The summed E-state index contributed by atoms with van der Waals surface area (Å²) < 4.78 is 4.87. The molecular weight excluding hydrogens is 310 g/mol. The van der Waals surface area contributed by atoms with Crippen molar-refractivity contribution in [3.63, 3.8) is 0 Å². The first-order valence-electron chi connectivity index (χ1n) is 6.35. The van der Waals surface area contributed by atoms with Gasteiger partial charge in [-0.1, -0.05) is 17.7 Å². The van der Waals surface area contributed by atoms with Crippen LogP contribution in [0.15, 0.2) is 23.6 Å². The Morgan fingerprint density at radius 2 is 2.33 bits per heavy atom. The zero-order valence-corrected chi connectivity index (χ0v) is 13.1. The number of hydrogen-bond acceptors (Lipinski definition) is 5. The van der Waals surface area contributed by atoms with Crippen LogP contribution in [0.1, 0.15) is 5.69 Å². The topological polar surface area (TPSA) is 77.2 Å². The van der Waals surface area contributed by atoms with E-state index in [0.717, 1.165) is 16.3 Å². The van der Waals surface area contributed by atoms with Gasteiger partial charge in [0.15, 0.2) is 0 Å². The summed E-state index contributed by atoms with van der Waals surface area (Å²) in [4.78, 5) is 16.1. The Kier molecular flexibility index (Phi) is 5.55. The molecule has 3 N–H and O–H groups in total. The fourth-order valence-electron chi connectivity index (χ4n) is 1.72. The lowest BCUT2D eigenvalue weighted by Crippen LogP contribution is -2.28. The standard InChI is InChI=1S/C14H16ClN3O2S/c1-20-5-4-17-13(19)7-10-8-21-14(18-10)9-2-3-11(15)12(16)6-9/h2-3,6,8H,4-5,7,16H2,1H3,(H,17,19). The first-order valence-corrected chi connectivity index (χ1v) is 7.61. The van der Waals surface area contributed by atoms with E-state index in [-0.39, 0.29) is 12.3 Å². The minimum Gasteiger partial charge on any atom is -0.398 e. The average Bonchev–Trinajstić information content (AvgIpc) is 2.90. The van der Waals surface area contributed by atoms with Gasteiger partial charge in [-0.05, 0) is 12.1 Å². The van der Waals surface area contributed by atoms with Crippen LogP contribution in [0.2, 0.25) is 5.02 Å². The number of ether oxygens (including phenoxy) is 1. The van der Waals surface area contributed by atoms with Gasteiger partial charge in [-0.2, -0.15) is 0 Å². The number of nitrogens with zero attached hydrogens (tertiary/aromatic N) is 1. The van der Waals surface area contributed by atoms with Crippen LogP contribution in [-0.4, -0.2) is 31.2 Å². The van der Waals surface area contributed by atoms with Crippen LogP contribution < -0.4 is 11.1 Å². The summed E-state index contributed by atoms with van der Waals surface area (Å²) in [5.74, 6) is -0.0699. The lowest BCUT2D eigenvalue weighted by atomic mass is 10.2. The highest BCUT2D eigenvalue weighted by molar-refractivity contribution is 7.13. The summed E-state index contributed by atoms with van der Waals surface area (Å²) in [5.41, 5.74) is 7.93. The maximum Gasteiger partial charge on any atom is 0.226 e. The van der Waals surface area contributed by atoms with Gasteiger partial charge in [-0.3, -0.25) is 4.79 Å². The zero-order chi connectivity index (χ0) is 15.2. The van der Waals surface area contributed by atoms with Crippen molar-refractivity contribution >= 4 is 34.5 Å².